The summed E-state index contributed by atoms with van der Waals surface area (Å²) in [7, 11) is 0. The van der Waals surface area contributed by atoms with Crippen LogP contribution in [0.3, 0.4) is 0 Å². The van der Waals surface area contributed by atoms with Gasteiger partial charge in [-0.15, -0.1) is 0 Å². The van der Waals surface area contributed by atoms with E-state index in [4.69, 9.17) is 9.84 Å². The highest BCUT2D eigenvalue weighted by molar-refractivity contribution is 5.73. The summed E-state index contributed by atoms with van der Waals surface area (Å²) in [4.78, 5) is 11.2. The molecular weight excluding hydrogens is 324 g/mol. The van der Waals surface area contributed by atoms with E-state index in [9.17, 15) is 4.79 Å². The number of ether oxygens (including phenoxy) is 1. The average molecular weight is 359 g/mol. The summed E-state index contributed by atoms with van der Waals surface area (Å²) in [6.45, 7) is 12.5. The van der Waals surface area contributed by atoms with Crippen molar-refractivity contribution in [3.63, 3.8) is 0 Å². The Hall–Kier alpha value is -1.87. The van der Waals surface area contributed by atoms with Crippen molar-refractivity contribution >= 4 is 5.97 Å². The van der Waals surface area contributed by atoms with Crippen molar-refractivity contribution in [1.82, 2.24) is 0 Å². The van der Waals surface area contributed by atoms with Gasteiger partial charge in [-0.1, -0.05) is 60.9 Å². The molecule has 0 amide bonds. The molecule has 26 heavy (non-hydrogen) atoms. The number of allylic oxidation sites excluding steroid dienone is 9. The molecule has 0 spiro atoms. The van der Waals surface area contributed by atoms with Crippen molar-refractivity contribution in [3.05, 3.63) is 58.7 Å². The fourth-order valence-electron chi connectivity index (χ4n) is 3.08. The van der Waals surface area contributed by atoms with Crippen LogP contribution in [0, 0.1) is 5.41 Å². The maximum absolute atomic E-state index is 11.2. The molecule has 3 heteroatoms. The van der Waals surface area contributed by atoms with Gasteiger partial charge in [0.25, 0.3) is 0 Å². The van der Waals surface area contributed by atoms with Gasteiger partial charge >= 0.3 is 5.97 Å². The van der Waals surface area contributed by atoms with E-state index in [-0.39, 0.29) is 12.0 Å². The van der Waals surface area contributed by atoms with E-state index in [1.54, 1.807) is 0 Å². The third kappa shape index (κ3) is 7.57. The maximum Gasteiger partial charge on any atom is 0.334 e. The lowest BCUT2D eigenvalue weighted by atomic mass is 9.72. The van der Waals surface area contributed by atoms with Crippen molar-refractivity contribution in [3.8, 4) is 0 Å². The number of aliphatic hydroxyl groups is 1. The molecule has 1 unspecified atom stereocenters. The second-order valence-corrected chi connectivity index (χ2v) is 7.79. The second kappa shape index (κ2) is 10.3. The fraction of sp³-hybridized carbons (Fsp3) is 0.522. The van der Waals surface area contributed by atoms with Crippen molar-refractivity contribution in [1.29, 1.82) is 0 Å². The minimum Gasteiger partial charge on any atom is -0.460 e. The van der Waals surface area contributed by atoms with Crippen LogP contribution >= 0.6 is 0 Å². The molecule has 0 fully saturated rings. The molecule has 0 heterocycles. The van der Waals surface area contributed by atoms with Crippen LogP contribution < -0.4 is 0 Å². The predicted molar refractivity (Wildman–Crippen MR) is 109 cm³/mol. The first-order valence-electron chi connectivity index (χ1n) is 9.38. The summed E-state index contributed by atoms with van der Waals surface area (Å²) in [5, 5.41) is 9.06. The van der Waals surface area contributed by atoms with E-state index in [1.165, 1.54) is 42.9 Å². The molecule has 0 aromatic rings. The first-order valence-corrected chi connectivity index (χ1v) is 9.38. The molecule has 1 rings (SSSR count). The van der Waals surface area contributed by atoms with Gasteiger partial charge < -0.3 is 9.84 Å². The summed E-state index contributed by atoms with van der Waals surface area (Å²) in [6, 6.07) is 0. The summed E-state index contributed by atoms with van der Waals surface area (Å²) in [5.74, 6) is -0.603. The molecule has 1 aliphatic rings. The Bertz CT molecular complexity index is 640. The molecule has 144 valence electrons. The lowest BCUT2D eigenvalue weighted by molar-refractivity contribution is -0.151. The van der Waals surface area contributed by atoms with Gasteiger partial charge in [-0.25, -0.2) is 4.79 Å². The smallest absolute Gasteiger partial charge is 0.334 e. The Balaban J connectivity index is 2.62. The van der Waals surface area contributed by atoms with E-state index in [0.717, 1.165) is 5.57 Å². The molecule has 0 aromatic carbocycles. The molecule has 1 aliphatic carbocycles. The monoisotopic (exact) mass is 358 g/mol. The van der Waals surface area contributed by atoms with Gasteiger partial charge in [0.1, 0.15) is 12.7 Å². The molecule has 1 atom stereocenters. The van der Waals surface area contributed by atoms with Crippen LogP contribution in [-0.4, -0.2) is 23.8 Å². The van der Waals surface area contributed by atoms with Crippen LogP contribution in [0.15, 0.2) is 58.7 Å². The average Bonchev–Trinajstić information content (AvgIpc) is 2.53. The van der Waals surface area contributed by atoms with Crippen LogP contribution in [0.4, 0.5) is 0 Å². The second-order valence-electron chi connectivity index (χ2n) is 7.79. The third-order valence-electron chi connectivity index (χ3n) is 4.75. The molecule has 0 aliphatic heterocycles. The zero-order valence-electron chi connectivity index (χ0n) is 17.1. The van der Waals surface area contributed by atoms with Gasteiger partial charge in [-0.3, -0.25) is 0 Å². The Labute approximate surface area is 158 Å². The summed E-state index contributed by atoms with van der Waals surface area (Å²) in [6.07, 6.45) is 15.0. The quantitative estimate of drug-likeness (QED) is 0.487. The van der Waals surface area contributed by atoms with E-state index >= 15 is 0 Å². The fourth-order valence-corrected chi connectivity index (χ4v) is 3.08. The van der Waals surface area contributed by atoms with Gasteiger partial charge in [0.05, 0.1) is 0 Å². The predicted octanol–water partition coefficient (Wildman–Crippen LogP) is 5.44. The van der Waals surface area contributed by atoms with Crippen molar-refractivity contribution in [2.75, 3.05) is 6.61 Å². The number of carbonyl (C=O) groups is 1. The minimum atomic E-state index is -1.08. The van der Waals surface area contributed by atoms with E-state index < -0.39 is 12.1 Å². The van der Waals surface area contributed by atoms with Gasteiger partial charge in [0, 0.05) is 0 Å². The summed E-state index contributed by atoms with van der Waals surface area (Å²) >= 11 is 0. The highest BCUT2D eigenvalue weighted by atomic mass is 16.5. The van der Waals surface area contributed by atoms with Gasteiger partial charge in [0.15, 0.2) is 0 Å². The Kier molecular flexibility index (Phi) is 8.80. The van der Waals surface area contributed by atoms with E-state index in [0.29, 0.717) is 0 Å². The molecule has 0 saturated heterocycles. The number of aliphatic hydroxyl groups excluding tert-OH is 1. The first kappa shape index (κ1) is 22.2. The highest BCUT2D eigenvalue weighted by Crippen LogP contribution is 2.40. The molecular formula is C23H34O3. The third-order valence-corrected chi connectivity index (χ3v) is 4.75. The summed E-state index contributed by atoms with van der Waals surface area (Å²) in [5.41, 5.74) is 5.43. The Morgan fingerprint density at radius 3 is 2.58 bits per heavy atom. The molecule has 0 aromatic heterocycles. The molecule has 0 radical (unpaired) electrons. The number of esters is 1. The van der Waals surface area contributed by atoms with Crippen LogP contribution in [0.25, 0.3) is 0 Å². The van der Waals surface area contributed by atoms with Crippen molar-refractivity contribution in [2.24, 2.45) is 5.41 Å². The topological polar surface area (TPSA) is 46.5 Å². The maximum atomic E-state index is 11.2. The van der Waals surface area contributed by atoms with Gasteiger partial charge in [-0.05, 0) is 64.0 Å². The number of hydrogen-bond acceptors (Lipinski definition) is 3. The lowest BCUT2D eigenvalue weighted by Crippen LogP contribution is -2.19. The minimum absolute atomic E-state index is 0.172. The highest BCUT2D eigenvalue weighted by Gasteiger charge is 2.26. The van der Waals surface area contributed by atoms with Crippen LogP contribution in [0.1, 0.15) is 60.8 Å². The zero-order chi connectivity index (χ0) is 19.7. The van der Waals surface area contributed by atoms with Crippen LogP contribution in [0.5, 0.6) is 0 Å². The lowest BCUT2D eigenvalue weighted by Gasteiger charge is -2.32. The van der Waals surface area contributed by atoms with Gasteiger partial charge in [0.2, 0.25) is 0 Å². The van der Waals surface area contributed by atoms with E-state index in [1.807, 2.05) is 25.2 Å². The van der Waals surface area contributed by atoms with Gasteiger partial charge in [-0.2, -0.15) is 0 Å². The molecule has 0 saturated carbocycles. The largest absolute Gasteiger partial charge is 0.460 e. The number of rotatable bonds is 7. The normalized spacial score (nSPS) is 20.1. The zero-order valence-corrected chi connectivity index (χ0v) is 17.1. The number of carbonyl (C=O) groups excluding carboxylic acids is 1. The number of hydrogen-bond donors (Lipinski definition) is 1. The summed E-state index contributed by atoms with van der Waals surface area (Å²) < 4.78 is 4.91. The van der Waals surface area contributed by atoms with Crippen molar-refractivity contribution < 1.29 is 14.6 Å². The van der Waals surface area contributed by atoms with Crippen LogP contribution in [0.2, 0.25) is 0 Å². The SMILES string of the molecule is CC1=C(/C=C/C(C)=C/C=C/C(C)=C/COC(=O)C(C)O)C(C)(C)CCC1. The Morgan fingerprint density at radius 1 is 1.27 bits per heavy atom. The molecule has 1 N–H and O–H groups in total. The van der Waals surface area contributed by atoms with Crippen molar-refractivity contribution in [2.45, 2.75) is 66.9 Å². The molecule has 3 nitrogen and oxygen atoms in total. The van der Waals surface area contributed by atoms with Crippen LogP contribution in [-0.2, 0) is 9.53 Å². The van der Waals surface area contributed by atoms with E-state index in [2.05, 4.69) is 45.9 Å². The first-order chi connectivity index (χ1) is 12.1. The Morgan fingerprint density at radius 2 is 1.96 bits per heavy atom. The standard InChI is InChI=1S/C23H34O3/c1-17(12-13-21-19(3)11-8-15-23(21,5)6)9-7-10-18(2)14-16-26-22(25)20(4)24/h7,9-10,12-14,20,24H,8,11,15-16H2,1-6H3/b10-7+,13-12+,17-9+,18-14+. The molecule has 0 bridgehead atoms.